The first kappa shape index (κ1) is 10.3. The molecule has 1 saturated carbocycles. The van der Waals surface area contributed by atoms with Crippen LogP contribution < -0.4 is 11.1 Å². The molecule has 1 aromatic rings. The van der Waals surface area contributed by atoms with Crippen LogP contribution in [0, 0.1) is 12.8 Å². The Labute approximate surface area is 91.9 Å². The van der Waals surface area contributed by atoms with E-state index in [1.165, 1.54) is 31.2 Å². The highest BCUT2D eigenvalue weighted by molar-refractivity contribution is 5.66. The van der Waals surface area contributed by atoms with E-state index in [0.29, 0.717) is 0 Å². The van der Waals surface area contributed by atoms with Crippen LogP contribution in [0.4, 0.5) is 11.4 Å². The van der Waals surface area contributed by atoms with Crippen LogP contribution in [-0.2, 0) is 0 Å². The SMILES string of the molecule is Cc1ccc(N)c(NCCCC2CC2)c1. The summed E-state index contributed by atoms with van der Waals surface area (Å²) in [6, 6.07) is 6.13. The number of nitrogen functional groups attached to an aromatic ring is 1. The highest BCUT2D eigenvalue weighted by Gasteiger charge is 2.19. The Bertz CT molecular complexity index is 329. The van der Waals surface area contributed by atoms with Crippen molar-refractivity contribution in [3.05, 3.63) is 23.8 Å². The molecule has 15 heavy (non-hydrogen) atoms. The molecule has 82 valence electrons. The van der Waals surface area contributed by atoms with Gasteiger partial charge >= 0.3 is 0 Å². The van der Waals surface area contributed by atoms with Crippen molar-refractivity contribution in [1.82, 2.24) is 0 Å². The molecule has 2 rings (SSSR count). The van der Waals surface area contributed by atoms with Gasteiger partial charge in [0.15, 0.2) is 0 Å². The van der Waals surface area contributed by atoms with Crippen LogP contribution in [0.15, 0.2) is 18.2 Å². The number of hydrogen-bond donors (Lipinski definition) is 2. The van der Waals surface area contributed by atoms with Crippen LogP contribution in [0.5, 0.6) is 0 Å². The third-order valence-electron chi connectivity index (χ3n) is 3.01. The summed E-state index contributed by atoms with van der Waals surface area (Å²) in [4.78, 5) is 0. The average molecular weight is 204 g/mol. The number of nitrogens with two attached hydrogens (primary N) is 1. The summed E-state index contributed by atoms with van der Waals surface area (Å²) < 4.78 is 0. The van der Waals surface area contributed by atoms with E-state index in [1.807, 2.05) is 12.1 Å². The zero-order chi connectivity index (χ0) is 10.7. The van der Waals surface area contributed by atoms with Gasteiger partial charge in [-0.05, 0) is 43.4 Å². The van der Waals surface area contributed by atoms with Gasteiger partial charge in [0.1, 0.15) is 0 Å². The van der Waals surface area contributed by atoms with Crippen molar-refractivity contribution in [3.8, 4) is 0 Å². The van der Waals surface area contributed by atoms with Crippen LogP contribution in [0.3, 0.4) is 0 Å². The maximum Gasteiger partial charge on any atom is 0.0576 e. The molecule has 2 nitrogen and oxygen atoms in total. The van der Waals surface area contributed by atoms with Gasteiger partial charge in [-0.3, -0.25) is 0 Å². The molecular formula is C13H20N2. The second-order valence-corrected chi connectivity index (χ2v) is 4.60. The minimum absolute atomic E-state index is 0.854. The largest absolute Gasteiger partial charge is 0.397 e. The van der Waals surface area contributed by atoms with Crippen molar-refractivity contribution in [3.63, 3.8) is 0 Å². The van der Waals surface area contributed by atoms with E-state index in [-0.39, 0.29) is 0 Å². The molecule has 1 aliphatic carbocycles. The van der Waals surface area contributed by atoms with Gasteiger partial charge < -0.3 is 11.1 Å². The third-order valence-corrected chi connectivity index (χ3v) is 3.01. The molecule has 1 fully saturated rings. The van der Waals surface area contributed by atoms with Crippen molar-refractivity contribution in [2.75, 3.05) is 17.6 Å². The minimum Gasteiger partial charge on any atom is -0.397 e. The smallest absolute Gasteiger partial charge is 0.0576 e. The fourth-order valence-corrected chi connectivity index (χ4v) is 1.84. The first-order chi connectivity index (χ1) is 7.25. The van der Waals surface area contributed by atoms with Crippen molar-refractivity contribution in [2.45, 2.75) is 32.6 Å². The van der Waals surface area contributed by atoms with Crippen LogP contribution in [-0.4, -0.2) is 6.54 Å². The summed E-state index contributed by atoms with van der Waals surface area (Å²) in [6.45, 7) is 3.14. The van der Waals surface area contributed by atoms with Crippen molar-refractivity contribution in [2.24, 2.45) is 5.92 Å². The first-order valence-electron chi connectivity index (χ1n) is 5.86. The molecule has 3 N–H and O–H groups in total. The Hall–Kier alpha value is -1.18. The normalized spacial score (nSPS) is 15.3. The summed E-state index contributed by atoms with van der Waals surface area (Å²) in [5.74, 6) is 1.03. The number of rotatable bonds is 5. The Morgan fingerprint density at radius 1 is 1.40 bits per heavy atom. The lowest BCUT2D eigenvalue weighted by Crippen LogP contribution is -2.04. The third kappa shape index (κ3) is 3.15. The zero-order valence-corrected chi connectivity index (χ0v) is 9.42. The molecular weight excluding hydrogens is 184 g/mol. The van der Waals surface area contributed by atoms with Crippen LogP contribution in [0.1, 0.15) is 31.2 Å². The number of anilines is 2. The molecule has 0 atom stereocenters. The summed E-state index contributed by atoms with van der Waals surface area (Å²) in [5, 5.41) is 3.41. The Balaban J connectivity index is 1.78. The van der Waals surface area contributed by atoms with E-state index >= 15 is 0 Å². The van der Waals surface area contributed by atoms with Crippen LogP contribution >= 0.6 is 0 Å². The number of aryl methyl sites for hydroxylation is 1. The lowest BCUT2D eigenvalue weighted by atomic mass is 10.2. The topological polar surface area (TPSA) is 38.0 Å². The lowest BCUT2D eigenvalue weighted by molar-refractivity contribution is 0.687. The molecule has 0 aromatic heterocycles. The average Bonchev–Trinajstić information content (AvgIpc) is 3.01. The second kappa shape index (κ2) is 4.56. The standard InChI is InChI=1S/C13H20N2/c1-10-4-7-12(14)13(9-10)15-8-2-3-11-5-6-11/h4,7,9,11,15H,2-3,5-6,8,14H2,1H3. The van der Waals surface area contributed by atoms with Crippen molar-refractivity contribution < 1.29 is 0 Å². The molecule has 0 amide bonds. The fraction of sp³-hybridized carbons (Fsp3) is 0.538. The van der Waals surface area contributed by atoms with Crippen LogP contribution in [0.2, 0.25) is 0 Å². The number of hydrogen-bond acceptors (Lipinski definition) is 2. The molecule has 1 aromatic carbocycles. The van der Waals surface area contributed by atoms with Gasteiger partial charge in [-0.2, -0.15) is 0 Å². The zero-order valence-electron chi connectivity index (χ0n) is 9.42. The maximum atomic E-state index is 5.88. The fourth-order valence-electron chi connectivity index (χ4n) is 1.84. The monoisotopic (exact) mass is 204 g/mol. The molecule has 1 aliphatic rings. The highest BCUT2D eigenvalue weighted by Crippen LogP contribution is 2.33. The lowest BCUT2D eigenvalue weighted by Gasteiger charge is -2.09. The van der Waals surface area contributed by atoms with E-state index in [0.717, 1.165) is 23.8 Å². The van der Waals surface area contributed by atoms with Crippen molar-refractivity contribution >= 4 is 11.4 Å². The highest BCUT2D eigenvalue weighted by atomic mass is 14.9. The van der Waals surface area contributed by atoms with Gasteiger partial charge in [-0.25, -0.2) is 0 Å². The van der Waals surface area contributed by atoms with Gasteiger partial charge in [0.2, 0.25) is 0 Å². The van der Waals surface area contributed by atoms with Gasteiger partial charge in [0.05, 0.1) is 11.4 Å². The van der Waals surface area contributed by atoms with Crippen LogP contribution in [0.25, 0.3) is 0 Å². The predicted octanol–water partition coefficient (Wildman–Crippen LogP) is 3.18. The van der Waals surface area contributed by atoms with Gasteiger partial charge in [0.25, 0.3) is 0 Å². The van der Waals surface area contributed by atoms with E-state index < -0.39 is 0 Å². The molecule has 0 heterocycles. The predicted molar refractivity (Wildman–Crippen MR) is 66.0 cm³/mol. The molecule has 0 spiro atoms. The minimum atomic E-state index is 0.854. The maximum absolute atomic E-state index is 5.88. The summed E-state index contributed by atoms with van der Waals surface area (Å²) in [6.07, 6.45) is 5.54. The van der Waals surface area contributed by atoms with Gasteiger partial charge in [-0.1, -0.05) is 18.9 Å². The Morgan fingerprint density at radius 3 is 2.93 bits per heavy atom. The van der Waals surface area contributed by atoms with E-state index in [9.17, 15) is 0 Å². The van der Waals surface area contributed by atoms with E-state index in [2.05, 4.69) is 18.3 Å². The molecule has 2 heteroatoms. The van der Waals surface area contributed by atoms with Gasteiger partial charge in [0, 0.05) is 6.54 Å². The molecule has 0 saturated heterocycles. The van der Waals surface area contributed by atoms with Crippen molar-refractivity contribution in [1.29, 1.82) is 0 Å². The molecule has 0 radical (unpaired) electrons. The second-order valence-electron chi connectivity index (χ2n) is 4.60. The first-order valence-corrected chi connectivity index (χ1v) is 5.86. The summed E-state index contributed by atoms with van der Waals surface area (Å²) in [5.41, 5.74) is 9.08. The quantitative estimate of drug-likeness (QED) is 0.571. The Morgan fingerprint density at radius 2 is 2.20 bits per heavy atom. The van der Waals surface area contributed by atoms with E-state index in [1.54, 1.807) is 0 Å². The Kier molecular flexibility index (Phi) is 3.14. The summed E-state index contributed by atoms with van der Waals surface area (Å²) >= 11 is 0. The molecule has 0 bridgehead atoms. The summed E-state index contributed by atoms with van der Waals surface area (Å²) in [7, 11) is 0. The van der Waals surface area contributed by atoms with Gasteiger partial charge in [-0.15, -0.1) is 0 Å². The molecule has 0 unspecified atom stereocenters. The number of benzene rings is 1. The molecule has 0 aliphatic heterocycles. The van der Waals surface area contributed by atoms with E-state index in [4.69, 9.17) is 5.73 Å². The number of nitrogens with one attached hydrogen (secondary N) is 1.